The van der Waals surface area contributed by atoms with Crippen LogP contribution in [0, 0.1) is 17.2 Å². The van der Waals surface area contributed by atoms with Crippen molar-refractivity contribution in [1.29, 1.82) is 5.26 Å². The van der Waals surface area contributed by atoms with Crippen LogP contribution in [0.5, 0.6) is 0 Å². The molecular weight excluding hydrogens is 202 g/mol. The Balaban J connectivity index is 2.30. The Morgan fingerprint density at radius 3 is 2.75 bits per heavy atom. The third kappa shape index (κ3) is 4.19. The molecule has 0 spiro atoms. The molecule has 1 aliphatic carbocycles. The van der Waals surface area contributed by atoms with Gasteiger partial charge < -0.3 is 10.6 Å². The second kappa shape index (κ2) is 6.49. The van der Waals surface area contributed by atoms with Crippen molar-refractivity contribution in [3.63, 3.8) is 0 Å². The molecule has 0 bridgehead atoms. The maximum Gasteiger partial charge on any atom is 0.234 e. The van der Waals surface area contributed by atoms with Crippen LogP contribution in [-0.2, 0) is 4.79 Å². The summed E-state index contributed by atoms with van der Waals surface area (Å²) in [4.78, 5) is 11.4. The maximum absolute atomic E-state index is 11.4. The Morgan fingerprint density at radius 2 is 2.12 bits per heavy atom. The average molecular weight is 223 g/mol. The van der Waals surface area contributed by atoms with Crippen LogP contribution in [-0.4, -0.2) is 24.5 Å². The minimum Gasteiger partial charge on any atom is -0.353 e. The van der Waals surface area contributed by atoms with Crippen LogP contribution in [0.2, 0.25) is 0 Å². The highest BCUT2D eigenvalue weighted by molar-refractivity contribution is 5.78. The van der Waals surface area contributed by atoms with Crippen LogP contribution in [0.25, 0.3) is 0 Å². The number of nitrogens with zero attached hydrogens (tertiary/aromatic N) is 1. The summed E-state index contributed by atoms with van der Waals surface area (Å²) in [7, 11) is 0. The van der Waals surface area contributed by atoms with E-state index in [0.29, 0.717) is 6.54 Å². The van der Waals surface area contributed by atoms with Crippen molar-refractivity contribution in [1.82, 2.24) is 10.6 Å². The fourth-order valence-corrected chi connectivity index (χ4v) is 2.13. The predicted molar refractivity (Wildman–Crippen MR) is 62.6 cm³/mol. The smallest absolute Gasteiger partial charge is 0.234 e. The predicted octanol–water partition coefficient (Wildman–Crippen LogP) is 1.18. The molecule has 0 aromatic rings. The molecule has 2 atom stereocenters. The molecule has 0 radical (unpaired) electrons. The number of rotatable bonds is 4. The first-order chi connectivity index (χ1) is 7.63. The number of amides is 1. The first-order valence-electron chi connectivity index (χ1n) is 6.06. The van der Waals surface area contributed by atoms with Crippen molar-refractivity contribution >= 4 is 5.91 Å². The molecule has 4 heteroatoms. The first kappa shape index (κ1) is 13.0. The minimum absolute atomic E-state index is 0.0114. The summed E-state index contributed by atoms with van der Waals surface area (Å²) in [6, 6.07) is 2.69. The van der Waals surface area contributed by atoms with Gasteiger partial charge in [-0.15, -0.1) is 0 Å². The van der Waals surface area contributed by atoms with Crippen molar-refractivity contribution in [3.8, 4) is 6.07 Å². The number of nitrogens with one attached hydrogen (secondary N) is 2. The van der Waals surface area contributed by atoms with Crippen LogP contribution in [0.1, 0.15) is 39.5 Å². The Bertz CT molecular complexity index is 270. The Morgan fingerprint density at radius 1 is 1.44 bits per heavy atom. The van der Waals surface area contributed by atoms with Crippen LogP contribution in [0.3, 0.4) is 0 Å². The summed E-state index contributed by atoms with van der Waals surface area (Å²) in [5.41, 5.74) is 0. The maximum atomic E-state index is 11.4. The van der Waals surface area contributed by atoms with E-state index < -0.39 is 0 Å². The van der Waals surface area contributed by atoms with Crippen LogP contribution >= 0.6 is 0 Å². The molecule has 16 heavy (non-hydrogen) atoms. The largest absolute Gasteiger partial charge is 0.353 e. The van der Waals surface area contributed by atoms with E-state index in [1.165, 1.54) is 0 Å². The molecule has 0 aromatic heterocycles. The van der Waals surface area contributed by atoms with Gasteiger partial charge >= 0.3 is 0 Å². The molecule has 0 aliphatic heterocycles. The van der Waals surface area contributed by atoms with E-state index in [0.717, 1.165) is 25.7 Å². The molecule has 0 heterocycles. The van der Waals surface area contributed by atoms with Gasteiger partial charge in [-0.1, -0.05) is 12.8 Å². The molecule has 1 rings (SSSR count). The lowest BCUT2D eigenvalue weighted by atomic mass is 9.85. The molecule has 0 aromatic carbocycles. The Labute approximate surface area is 97.4 Å². The normalized spacial score (nSPS) is 25.1. The molecule has 1 aliphatic rings. The standard InChI is InChI=1S/C12H21N3O/c1-9(2)15-12(16)8-14-11-6-4-3-5-10(11)7-13/h9-11,14H,3-6,8H2,1-2H3,(H,15,16). The molecule has 4 nitrogen and oxygen atoms in total. The third-order valence-corrected chi connectivity index (χ3v) is 2.91. The molecule has 90 valence electrons. The zero-order valence-corrected chi connectivity index (χ0v) is 10.1. The van der Waals surface area contributed by atoms with Gasteiger partial charge in [-0.3, -0.25) is 4.79 Å². The lowest BCUT2D eigenvalue weighted by Crippen LogP contribution is -2.45. The second-order valence-electron chi connectivity index (χ2n) is 4.73. The van der Waals surface area contributed by atoms with E-state index in [1.807, 2.05) is 13.8 Å². The van der Waals surface area contributed by atoms with Crippen molar-refractivity contribution in [2.45, 2.75) is 51.6 Å². The van der Waals surface area contributed by atoms with Gasteiger partial charge in [0.25, 0.3) is 0 Å². The van der Waals surface area contributed by atoms with E-state index in [9.17, 15) is 4.79 Å². The van der Waals surface area contributed by atoms with Crippen molar-refractivity contribution in [3.05, 3.63) is 0 Å². The summed E-state index contributed by atoms with van der Waals surface area (Å²) in [5, 5.41) is 15.0. The molecule has 2 unspecified atom stereocenters. The first-order valence-corrected chi connectivity index (χ1v) is 6.06. The molecular formula is C12H21N3O. The van der Waals surface area contributed by atoms with Crippen molar-refractivity contribution in [2.24, 2.45) is 5.92 Å². The Kier molecular flexibility index (Phi) is 5.27. The second-order valence-corrected chi connectivity index (χ2v) is 4.73. The summed E-state index contributed by atoms with van der Waals surface area (Å²) in [6.07, 6.45) is 4.25. The topological polar surface area (TPSA) is 64.9 Å². The average Bonchev–Trinajstić information content (AvgIpc) is 2.26. The molecule has 1 fully saturated rings. The number of carbonyl (C=O) groups excluding carboxylic acids is 1. The van der Waals surface area contributed by atoms with E-state index in [2.05, 4.69) is 16.7 Å². The molecule has 0 saturated heterocycles. The van der Waals surface area contributed by atoms with E-state index >= 15 is 0 Å². The van der Waals surface area contributed by atoms with E-state index in [-0.39, 0.29) is 23.9 Å². The summed E-state index contributed by atoms with van der Waals surface area (Å²) >= 11 is 0. The van der Waals surface area contributed by atoms with Gasteiger partial charge in [0.15, 0.2) is 0 Å². The van der Waals surface area contributed by atoms with Gasteiger partial charge in [-0.2, -0.15) is 5.26 Å². The van der Waals surface area contributed by atoms with Crippen LogP contribution in [0.15, 0.2) is 0 Å². The summed E-state index contributed by atoms with van der Waals surface area (Å²) < 4.78 is 0. The fraction of sp³-hybridized carbons (Fsp3) is 0.833. The van der Waals surface area contributed by atoms with E-state index in [4.69, 9.17) is 5.26 Å². The van der Waals surface area contributed by atoms with Crippen molar-refractivity contribution in [2.75, 3.05) is 6.54 Å². The summed E-state index contributed by atoms with van der Waals surface area (Å²) in [6.45, 7) is 4.20. The molecule has 1 saturated carbocycles. The number of hydrogen-bond donors (Lipinski definition) is 2. The quantitative estimate of drug-likeness (QED) is 0.752. The highest BCUT2D eigenvalue weighted by atomic mass is 16.1. The van der Waals surface area contributed by atoms with Gasteiger partial charge in [0.05, 0.1) is 18.5 Å². The van der Waals surface area contributed by atoms with Crippen molar-refractivity contribution < 1.29 is 4.79 Å². The molecule has 1 amide bonds. The highest BCUT2D eigenvalue weighted by Crippen LogP contribution is 2.23. The number of nitriles is 1. The Hall–Kier alpha value is -1.08. The van der Waals surface area contributed by atoms with Gasteiger partial charge in [0.1, 0.15) is 0 Å². The third-order valence-electron chi connectivity index (χ3n) is 2.91. The molecule has 2 N–H and O–H groups in total. The lowest BCUT2D eigenvalue weighted by molar-refractivity contribution is -0.120. The van der Waals surface area contributed by atoms with Crippen LogP contribution in [0.4, 0.5) is 0 Å². The van der Waals surface area contributed by atoms with Gasteiger partial charge in [-0.05, 0) is 26.7 Å². The van der Waals surface area contributed by atoms with Crippen LogP contribution < -0.4 is 10.6 Å². The van der Waals surface area contributed by atoms with E-state index in [1.54, 1.807) is 0 Å². The van der Waals surface area contributed by atoms with Gasteiger partial charge in [0, 0.05) is 12.1 Å². The monoisotopic (exact) mass is 223 g/mol. The van der Waals surface area contributed by atoms with Gasteiger partial charge in [-0.25, -0.2) is 0 Å². The lowest BCUT2D eigenvalue weighted by Gasteiger charge is -2.27. The number of carbonyl (C=O) groups is 1. The zero-order chi connectivity index (χ0) is 12.0. The van der Waals surface area contributed by atoms with Gasteiger partial charge in [0.2, 0.25) is 5.91 Å². The fourth-order valence-electron chi connectivity index (χ4n) is 2.13. The summed E-state index contributed by atoms with van der Waals surface area (Å²) in [5.74, 6) is 0.0814. The zero-order valence-electron chi connectivity index (χ0n) is 10.1. The number of hydrogen-bond acceptors (Lipinski definition) is 3. The SMILES string of the molecule is CC(C)NC(=O)CNC1CCCCC1C#N. The highest BCUT2D eigenvalue weighted by Gasteiger charge is 2.24. The minimum atomic E-state index is 0.0114.